The average Bonchev–Trinajstić information content (AvgIpc) is 3.32. The fraction of sp³-hybridized carbons (Fsp3) is 0.250. The van der Waals surface area contributed by atoms with Crippen molar-refractivity contribution in [2.24, 2.45) is 5.92 Å². The Morgan fingerprint density at radius 3 is 2.07 bits per heavy atom. The fourth-order valence-corrected chi connectivity index (χ4v) is 3.75. The highest BCUT2D eigenvalue weighted by molar-refractivity contribution is 5.93. The summed E-state index contributed by atoms with van der Waals surface area (Å²) in [5.74, 6) is 0.505. The number of rotatable bonds is 12. The van der Waals surface area contributed by atoms with Crippen LogP contribution in [0.15, 0.2) is 108 Å². The third-order valence-corrected chi connectivity index (χ3v) is 5.59. The SMILES string of the molecule is C=C(CCCc1ccccc1)C(=C)C(CCc1ccccc1)CC(=O)c1ccco1. The summed E-state index contributed by atoms with van der Waals surface area (Å²) in [6, 6.07) is 24.4. The van der Waals surface area contributed by atoms with Crippen LogP contribution in [0.5, 0.6) is 0 Å². The highest BCUT2D eigenvalue weighted by Gasteiger charge is 2.21. The zero-order valence-electron chi connectivity index (χ0n) is 17.6. The molecule has 154 valence electrons. The first-order valence-corrected chi connectivity index (χ1v) is 10.6. The number of Topliss-reactive ketones (excluding diaryl/α,β-unsaturated/α-hetero) is 1. The molecule has 3 aromatic rings. The largest absolute Gasteiger partial charge is 0.461 e. The van der Waals surface area contributed by atoms with Crippen molar-refractivity contribution in [2.45, 2.75) is 38.5 Å². The minimum absolute atomic E-state index is 0.0243. The molecule has 1 unspecified atom stereocenters. The number of aryl methyl sites for hydroxylation is 2. The van der Waals surface area contributed by atoms with Gasteiger partial charge >= 0.3 is 0 Å². The molecule has 2 nitrogen and oxygen atoms in total. The number of carbonyl (C=O) groups excluding carboxylic acids is 1. The predicted octanol–water partition coefficient (Wildman–Crippen LogP) is 7.24. The van der Waals surface area contributed by atoms with E-state index in [1.54, 1.807) is 18.4 Å². The van der Waals surface area contributed by atoms with Crippen molar-refractivity contribution in [2.75, 3.05) is 0 Å². The molecule has 3 rings (SSSR count). The first kappa shape index (κ1) is 21.6. The second-order valence-corrected chi connectivity index (χ2v) is 7.79. The number of hydrogen-bond acceptors (Lipinski definition) is 2. The van der Waals surface area contributed by atoms with Crippen LogP contribution >= 0.6 is 0 Å². The molecule has 2 aromatic carbocycles. The van der Waals surface area contributed by atoms with Gasteiger partial charge in [-0.1, -0.05) is 79.4 Å². The van der Waals surface area contributed by atoms with Crippen LogP contribution in [0.2, 0.25) is 0 Å². The van der Waals surface area contributed by atoms with E-state index in [1.165, 1.54) is 11.1 Å². The Kier molecular flexibility index (Phi) is 8.02. The number of ketones is 1. The lowest BCUT2D eigenvalue weighted by Gasteiger charge is -2.21. The Balaban J connectivity index is 1.60. The van der Waals surface area contributed by atoms with Gasteiger partial charge in [-0.2, -0.15) is 0 Å². The van der Waals surface area contributed by atoms with E-state index in [0.717, 1.165) is 43.3 Å². The summed E-state index contributed by atoms with van der Waals surface area (Å²) in [4.78, 5) is 12.7. The van der Waals surface area contributed by atoms with Gasteiger partial charge in [0.25, 0.3) is 0 Å². The van der Waals surface area contributed by atoms with Gasteiger partial charge in [0.1, 0.15) is 0 Å². The Bertz CT molecular complexity index is 937. The smallest absolute Gasteiger partial charge is 0.198 e. The van der Waals surface area contributed by atoms with Gasteiger partial charge in [0, 0.05) is 6.42 Å². The molecule has 1 aromatic heterocycles. The Labute approximate surface area is 180 Å². The highest BCUT2D eigenvalue weighted by Crippen LogP contribution is 2.29. The maximum absolute atomic E-state index is 12.7. The molecule has 1 heterocycles. The van der Waals surface area contributed by atoms with Gasteiger partial charge in [0.05, 0.1) is 6.26 Å². The van der Waals surface area contributed by atoms with E-state index in [1.807, 2.05) is 12.1 Å². The van der Waals surface area contributed by atoms with Crippen LogP contribution in [-0.4, -0.2) is 5.78 Å². The second-order valence-electron chi connectivity index (χ2n) is 7.79. The van der Waals surface area contributed by atoms with Crippen LogP contribution in [0.3, 0.4) is 0 Å². The van der Waals surface area contributed by atoms with Crippen LogP contribution in [-0.2, 0) is 12.8 Å². The molecular formula is C28H30O2. The Morgan fingerprint density at radius 2 is 1.47 bits per heavy atom. The maximum atomic E-state index is 12.7. The van der Waals surface area contributed by atoms with Gasteiger partial charge in [0.15, 0.2) is 11.5 Å². The van der Waals surface area contributed by atoms with Crippen molar-refractivity contribution in [1.82, 2.24) is 0 Å². The van der Waals surface area contributed by atoms with E-state index in [0.29, 0.717) is 12.2 Å². The van der Waals surface area contributed by atoms with Gasteiger partial charge < -0.3 is 4.42 Å². The monoisotopic (exact) mass is 398 g/mol. The molecule has 1 atom stereocenters. The van der Waals surface area contributed by atoms with E-state index in [-0.39, 0.29) is 11.7 Å². The summed E-state index contributed by atoms with van der Waals surface area (Å²) >= 11 is 0. The van der Waals surface area contributed by atoms with E-state index in [4.69, 9.17) is 4.42 Å². The van der Waals surface area contributed by atoms with Gasteiger partial charge in [-0.25, -0.2) is 0 Å². The molecule has 0 amide bonds. The third kappa shape index (κ3) is 6.45. The zero-order chi connectivity index (χ0) is 21.2. The molecule has 0 spiro atoms. The lowest BCUT2D eigenvalue weighted by molar-refractivity contribution is 0.0939. The van der Waals surface area contributed by atoms with E-state index in [9.17, 15) is 4.79 Å². The van der Waals surface area contributed by atoms with E-state index >= 15 is 0 Å². The molecule has 0 aliphatic rings. The minimum Gasteiger partial charge on any atom is -0.461 e. The van der Waals surface area contributed by atoms with Crippen LogP contribution in [0.1, 0.15) is 47.4 Å². The molecule has 0 saturated carbocycles. The summed E-state index contributed by atoms with van der Waals surface area (Å²) in [6.45, 7) is 8.64. The summed E-state index contributed by atoms with van der Waals surface area (Å²) < 4.78 is 5.31. The summed E-state index contributed by atoms with van der Waals surface area (Å²) in [7, 11) is 0. The van der Waals surface area contributed by atoms with Crippen molar-refractivity contribution in [1.29, 1.82) is 0 Å². The first-order valence-electron chi connectivity index (χ1n) is 10.6. The van der Waals surface area contributed by atoms with Crippen molar-refractivity contribution in [3.05, 3.63) is 120 Å². The van der Waals surface area contributed by atoms with Crippen molar-refractivity contribution < 1.29 is 9.21 Å². The molecular weight excluding hydrogens is 368 g/mol. The average molecular weight is 399 g/mol. The molecule has 0 saturated heterocycles. The molecule has 0 radical (unpaired) electrons. The van der Waals surface area contributed by atoms with Crippen molar-refractivity contribution in [3.8, 4) is 0 Å². The summed E-state index contributed by atoms with van der Waals surface area (Å²) in [5, 5.41) is 0. The van der Waals surface area contributed by atoms with Crippen LogP contribution in [0.4, 0.5) is 0 Å². The summed E-state index contributed by atoms with van der Waals surface area (Å²) in [5.41, 5.74) is 4.66. The van der Waals surface area contributed by atoms with Gasteiger partial charge in [-0.05, 0) is 66.9 Å². The number of allylic oxidation sites excluding steroid dienone is 2. The molecule has 0 aliphatic carbocycles. The Hall–Kier alpha value is -3.13. The quantitative estimate of drug-likeness (QED) is 0.238. The van der Waals surface area contributed by atoms with Crippen LogP contribution in [0.25, 0.3) is 0 Å². The van der Waals surface area contributed by atoms with Crippen LogP contribution < -0.4 is 0 Å². The Morgan fingerprint density at radius 1 is 0.833 bits per heavy atom. The molecule has 0 aliphatic heterocycles. The summed E-state index contributed by atoms with van der Waals surface area (Å²) in [6.07, 6.45) is 6.66. The number of carbonyl (C=O) groups is 1. The standard InChI is InChI=1S/C28H30O2/c1-22(11-9-16-24-12-5-3-6-13-24)23(2)26(19-18-25-14-7-4-8-15-25)21-27(29)28-17-10-20-30-28/h3-8,10,12-15,17,20,26H,1-2,9,11,16,18-19,21H2. The molecule has 0 bridgehead atoms. The minimum atomic E-state index is 0.0243. The zero-order valence-corrected chi connectivity index (χ0v) is 17.6. The fourth-order valence-electron chi connectivity index (χ4n) is 3.75. The highest BCUT2D eigenvalue weighted by atomic mass is 16.3. The van der Waals surface area contributed by atoms with Crippen molar-refractivity contribution in [3.63, 3.8) is 0 Å². The topological polar surface area (TPSA) is 30.2 Å². The maximum Gasteiger partial charge on any atom is 0.198 e. The van der Waals surface area contributed by atoms with Crippen molar-refractivity contribution >= 4 is 5.78 Å². The molecule has 0 fully saturated rings. The predicted molar refractivity (Wildman–Crippen MR) is 124 cm³/mol. The third-order valence-electron chi connectivity index (χ3n) is 5.59. The molecule has 2 heteroatoms. The number of hydrogen-bond donors (Lipinski definition) is 0. The lowest BCUT2D eigenvalue weighted by Crippen LogP contribution is -2.13. The second kappa shape index (κ2) is 11.2. The van der Waals surface area contributed by atoms with Gasteiger partial charge in [0.2, 0.25) is 0 Å². The van der Waals surface area contributed by atoms with Gasteiger partial charge in [-0.15, -0.1) is 0 Å². The molecule has 30 heavy (non-hydrogen) atoms. The lowest BCUT2D eigenvalue weighted by atomic mass is 9.83. The normalized spacial score (nSPS) is 11.7. The van der Waals surface area contributed by atoms with E-state index < -0.39 is 0 Å². The van der Waals surface area contributed by atoms with Crippen LogP contribution in [0, 0.1) is 5.92 Å². The molecule has 0 N–H and O–H groups in total. The van der Waals surface area contributed by atoms with Gasteiger partial charge in [-0.3, -0.25) is 4.79 Å². The van der Waals surface area contributed by atoms with E-state index in [2.05, 4.69) is 61.7 Å². The number of furan rings is 1. The first-order chi connectivity index (χ1) is 14.6. The number of benzene rings is 2.